The number of ether oxygens (including phenoxy) is 1. The van der Waals surface area contributed by atoms with Gasteiger partial charge in [-0.15, -0.1) is 0 Å². The van der Waals surface area contributed by atoms with E-state index in [1.807, 2.05) is 0 Å². The quantitative estimate of drug-likeness (QED) is 0.765. The molecule has 0 unspecified atom stereocenters. The van der Waals surface area contributed by atoms with E-state index in [0.29, 0.717) is 18.0 Å². The van der Waals surface area contributed by atoms with E-state index in [-0.39, 0.29) is 11.9 Å². The third-order valence-electron chi connectivity index (χ3n) is 6.19. The molecule has 6 nitrogen and oxygen atoms in total. The lowest BCUT2D eigenvalue weighted by Gasteiger charge is -2.41. The molecule has 1 amide bonds. The van der Waals surface area contributed by atoms with Crippen LogP contribution in [0.3, 0.4) is 0 Å². The fraction of sp³-hybridized carbons (Fsp3) is 0.789. The van der Waals surface area contributed by atoms with Gasteiger partial charge in [-0.05, 0) is 38.5 Å². The van der Waals surface area contributed by atoms with Gasteiger partial charge in [0.1, 0.15) is 0 Å². The highest BCUT2D eigenvalue weighted by Gasteiger charge is 2.35. The van der Waals surface area contributed by atoms with Gasteiger partial charge in [0.25, 0.3) is 5.91 Å². The van der Waals surface area contributed by atoms with Crippen molar-refractivity contribution >= 4 is 5.91 Å². The van der Waals surface area contributed by atoms with Crippen LogP contribution >= 0.6 is 0 Å². The molecule has 2 aliphatic carbocycles. The molecule has 0 spiro atoms. The number of nitrogens with zero attached hydrogens (tertiary/aromatic N) is 1. The minimum atomic E-state index is 0.0396. The van der Waals surface area contributed by atoms with Crippen LogP contribution < -0.4 is 10.6 Å². The first-order valence-electron chi connectivity index (χ1n) is 9.99. The fourth-order valence-electron chi connectivity index (χ4n) is 4.46. The van der Waals surface area contributed by atoms with Crippen molar-refractivity contribution in [2.75, 3.05) is 13.2 Å². The van der Waals surface area contributed by atoms with E-state index in [1.54, 1.807) is 6.20 Å². The molecule has 0 radical (unpaired) electrons. The summed E-state index contributed by atoms with van der Waals surface area (Å²) in [6.07, 6.45) is 12.2. The van der Waals surface area contributed by atoms with Crippen molar-refractivity contribution in [3.05, 3.63) is 17.5 Å². The molecule has 1 saturated heterocycles. The van der Waals surface area contributed by atoms with Gasteiger partial charge >= 0.3 is 0 Å². The summed E-state index contributed by atoms with van der Waals surface area (Å²) in [7, 11) is 0. The number of hydrogen-bond donors (Lipinski definition) is 3. The zero-order valence-electron chi connectivity index (χ0n) is 14.9. The van der Waals surface area contributed by atoms with Crippen molar-refractivity contribution < 1.29 is 9.53 Å². The molecule has 1 aromatic rings. The monoisotopic (exact) mass is 346 g/mol. The van der Waals surface area contributed by atoms with Gasteiger partial charge in [0.15, 0.2) is 0 Å². The van der Waals surface area contributed by atoms with Crippen LogP contribution in [0.15, 0.2) is 6.20 Å². The first-order chi connectivity index (χ1) is 12.3. The minimum absolute atomic E-state index is 0.0396. The summed E-state index contributed by atoms with van der Waals surface area (Å²) in [4.78, 5) is 12.8. The maximum atomic E-state index is 12.8. The van der Waals surface area contributed by atoms with E-state index in [2.05, 4.69) is 20.8 Å². The predicted molar refractivity (Wildman–Crippen MR) is 95.7 cm³/mol. The second-order valence-electron chi connectivity index (χ2n) is 7.85. The standard InChI is InChI=1S/C19H30N4O2/c24-19(15-12-20-23-18(15)13-4-2-1-3-5-13)22-17-7-6-16(17)21-14-8-10-25-11-9-14/h12-14,16-17,21H,1-11H2,(H,20,23)(H,22,24)/t16-,17+/m0/s1. The average molecular weight is 346 g/mol. The number of H-pyrrole nitrogens is 1. The van der Waals surface area contributed by atoms with Gasteiger partial charge in [0.05, 0.1) is 17.5 Å². The largest absolute Gasteiger partial charge is 0.381 e. The predicted octanol–water partition coefficient (Wildman–Crippen LogP) is 2.49. The van der Waals surface area contributed by atoms with E-state index in [1.165, 1.54) is 32.1 Å². The van der Waals surface area contributed by atoms with Crippen LogP contribution in [0.5, 0.6) is 0 Å². The second-order valence-corrected chi connectivity index (χ2v) is 7.85. The first kappa shape index (κ1) is 17.0. The lowest BCUT2D eigenvalue weighted by atomic mass is 9.84. The highest BCUT2D eigenvalue weighted by Crippen LogP contribution is 2.33. The number of carbonyl (C=O) groups is 1. The Morgan fingerprint density at radius 1 is 1.04 bits per heavy atom. The highest BCUT2D eigenvalue weighted by atomic mass is 16.5. The summed E-state index contributed by atoms with van der Waals surface area (Å²) in [5.41, 5.74) is 1.80. The van der Waals surface area contributed by atoms with E-state index in [0.717, 1.165) is 50.2 Å². The van der Waals surface area contributed by atoms with Crippen LogP contribution in [0, 0.1) is 0 Å². The molecule has 138 valence electrons. The van der Waals surface area contributed by atoms with Crippen LogP contribution in [-0.2, 0) is 4.74 Å². The Morgan fingerprint density at radius 3 is 2.52 bits per heavy atom. The Morgan fingerprint density at radius 2 is 1.80 bits per heavy atom. The molecule has 2 atom stereocenters. The molecule has 0 bridgehead atoms. The van der Waals surface area contributed by atoms with Crippen LogP contribution in [0.4, 0.5) is 0 Å². The zero-order chi connectivity index (χ0) is 17.1. The molecule has 3 N–H and O–H groups in total. The lowest BCUT2D eigenvalue weighted by Crippen LogP contribution is -2.59. The molecule has 1 aliphatic heterocycles. The smallest absolute Gasteiger partial charge is 0.255 e. The first-order valence-corrected chi connectivity index (χ1v) is 9.99. The molecular weight excluding hydrogens is 316 g/mol. The lowest BCUT2D eigenvalue weighted by molar-refractivity contribution is 0.0652. The topological polar surface area (TPSA) is 79.0 Å². The van der Waals surface area contributed by atoms with Crippen molar-refractivity contribution in [3.63, 3.8) is 0 Å². The van der Waals surface area contributed by atoms with Crippen molar-refractivity contribution in [2.24, 2.45) is 0 Å². The van der Waals surface area contributed by atoms with E-state index in [9.17, 15) is 4.79 Å². The van der Waals surface area contributed by atoms with Crippen LogP contribution in [-0.4, -0.2) is 47.4 Å². The Balaban J connectivity index is 1.33. The number of aromatic amines is 1. The maximum Gasteiger partial charge on any atom is 0.255 e. The summed E-state index contributed by atoms with van der Waals surface area (Å²) in [6, 6.07) is 1.17. The van der Waals surface area contributed by atoms with E-state index < -0.39 is 0 Å². The number of rotatable bonds is 5. The van der Waals surface area contributed by atoms with Crippen LogP contribution in [0.25, 0.3) is 0 Å². The van der Waals surface area contributed by atoms with Crippen molar-refractivity contribution in [2.45, 2.75) is 81.8 Å². The number of aromatic nitrogens is 2. The Labute approximate surface area is 149 Å². The SMILES string of the molecule is O=C(N[C@@H]1CC[C@@H]1NC1CCOCC1)c1cn[nH]c1C1CCCCC1. The molecule has 2 saturated carbocycles. The van der Waals surface area contributed by atoms with E-state index >= 15 is 0 Å². The van der Waals surface area contributed by atoms with Crippen molar-refractivity contribution in [3.8, 4) is 0 Å². The number of hydrogen-bond acceptors (Lipinski definition) is 4. The Kier molecular flexibility index (Phi) is 5.36. The third-order valence-corrected chi connectivity index (χ3v) is 6.19. The van der Waals surface area contributed by atoms with E-state index in [4.69, 9.17) is 4.74 Å². The number of carbonyl (C=O) groups excluding carboxylic acids is 1. The third kappa shape index (κ3) is 3.90. The fourth-order valence-corrected chi connectivity index (χ4v) is 4.46. The minimum Gasteiger partial charge on any atom is -0.381 e. The molecule has 25 heavy (non-hydrogen) atoms. The Hall–Kier alpha value is -1.40. The molecule has 6 heteroatoms. The second kappa shape index (κ2) is 7.87. The summed E-state index contributed by atoms with van der Waals surface area (Å²) >= 11 is 0. The van der Waals surface area contributed by atoms with Crippen LogP contribution in [0.1, 0.15) is 79.8 Å². The zero-order valence-corrected chi connectivity index (χ0v) is 14.9. The molecule has 3 aliphatic rings. The van der Waals surface area contributed by atoms with Gasteiger partial charge in [-0.1, -0.05) is 19.3 Å². The van der Waals surface area contributed by atoms with Crippen LogP contribution in [0.2, 0.25) is 0 Å². The molecule has 2 heterocycles. The van der Waals surface area contributed by atoms with Crippen molar-refractivity contribution in [1.29, 1.82) is 0 Å². The van der Waals surface area contributed by atoms with Gasteiger partial charge < -0.3 is 15.4 Å². The average Bonchev–Trinajstić information content (AvgIpc) is 3.15. The maximum absolute atomic E-state index is 12.8. The number of nitrogens with one attached hydrogen (secondary N) is 3. The molecule has 1 aromatic heterocycles. The summed E-state index contributed by atoms with van der Waals surface area (Å²) in [5, 5.41) is 14.2. The summed E-state index contributed by atoms with van der Waals surface area (Å²) in [5.74, 6) is 0.507. The normalized spacial score (nSPS) is 28.5. The molecule has 0 aromatic carbocycles. The van der Waals surface area contributed by atoms with Crippen molar-refractivity contribution in [1.82, 2.24) is 20.8 Å². The summed E-state index contributed by atoms with van der Waals surface area (Å²) in [6.45, 7) is 1.70. The summed E-state index contributed by atoms with van der Waals surface area (Å²) < 4.78 is 5.42. The van der Waals surface area contributed by atoms with Gasteiger partial charge in [0, 0.05) is 37.3 Å². The highest BCUT2D eigenvalue weighted by molar-refractivity contribution is 5.95. The number of amides is 1. The Bertz CT molecular complexity index is 576. The van der Waals surface area contributed by atoms with Gasteiger partial charge in [0.2, 0.25) is 0 Å². The molecule has 4 rings (SSSR count). The van der Waals surface area contributed by atoms with Gasteiger partial charge in [-0.25, -0.2) is 0 Å². The molecular formula is C19H30N4O2. The molecule has 3 fully saturated rings. The van der Waals surface area contributed by atoms with Gasteiger partial charge in [-0.2, -0.15) is 5.10 Å². The van der Waals surface area contributed by atoms with Gasteiger partial charge in [-0.3, -0.25) is 9.89 Å².